The van der Waals surface area contributed by atoms with E-state index in [0.29, 0.717) is 22.2 Å². The Balaban J connectivity index is 1.52. The maximum Gasteiger partial charge on any atom is 0.0577 e. The molecule has 4 aliphatic carbocycles. The topological polar surface area (TPSA) is 20.2 Å². The molecule has 0 aromatic rings. The highest BCUT2D eigenvalue weighted by Gasteiger charge is 2.64. The van der Waals surface area contributed by atoms with E-state index in [1.165, 1.54) is 51.4 Å². The van der Waals surface area contributed by atoms with Crippen LogP contribution in [0.1, 0.15) is 113 Å². The smallest absolute Gasteiger partial charge is 0.0577 e. The van der Waals surface area contributed by atoms with Crippen molar-refractivity contribution >= 4 is 0 Å². The zero-order valence-corrected chi connectivity index (χ0v) is 22.3. The van der Waals surface area contributed by atoms with Gasteiger partial charge in [-0.15, -0.1) is 0 Å². The van der Waals surface area contributed by atoms with Crippen molar-refractivity contribution in [2.24, 2.45) is 51.8 Å². The summed E-state index contributed by atoms with van der Waals surface area (Å²) < 4.78 is 0. The van der Waals surface area contributed by atoms with Gasteiger partial charge >= 0.3 is 0 Å². The summed E-state index contributed by atoms with van der Waals surface area (Å²) >= 11 is 0. The maximum absolute atomic E-state index is 10.3. The lowest BCUT2D eigenvalue weighted by molar-refractivity contribution is -0.111. The van der Waals surface area contributed by atoms with E-state index >= 15 is 0 Å². The Hall–Kier alpha value is -0.560. The van der Waals surface area contributed by atoms with E-state index in [1.807, 2.05) is 0 Å². The molecule has 9 atom stereocenters. The molecule has 0 aromatic carbocycles. The fourth-order valence-electron chi connectivity index (χ4n) is 9.43. The van der Waals surface area contributed by atoms with Gasteiger partial charge in [-0.05, 0) is 110 Å². The summed E-state index contributed by atoms with van der Waals surface area (Å²) in [6, 6.07) is 0. The van der Waals surface area contributed by atoms with Gasteiger partial charge in [0.25, 0.3) is 0 Å². The summed E-state index contributed by atoms with van der Waals surface area (Å²) in [5, 5.41) is 10.3. The van der Waals surface area contributed by atoms with Crippen LogP contribution in [0.4, 0.5) is 0 Å². The summed E-state index contributed by atoms with van der Waals surface area (Å²) in [6.07, 6.45) is 20.2. The minimum Gasteiger partial charge on any atom is -0.393 e. The third-order valence-electron chi connectivity index (χ3n) is 12.0. The zero-order chi connectivity index (χ0) is 23.3. The molecule has 3 fully saturated rings. The van der Waals surface area contributed by atoms with Gasteiger partial charge in [0.15, 0.2) is 0 Å². The minimum absolute atomic E-state index is 0.0955. The molecule has 1 N–H and O–H groups in total. The molecule has 0 radical (unpaired) electrons. The van der Waals surface area contributed by atoms with Crippen LogP contribution in [0.3, 0.4) is 0 Å². The van der Waals surface area contributed by atoms with Crippen molar-refractivity contribution in [1.29, 1.82) is 0 Å². The van der Waals surface area contributed by atoms with E-state index < -0.39 is 0 Å². The van der Waals surface area contributed by atoms with Gasteiger partial charge in [-0.1, -0.05) is 78.7 Å². The second-order valence-electron chi connectivity index (χ2n) is 13.4. The fraction of sp³-hybridized carbons (Fsp3) is 0.871. The van der Waals surface area contributed by atoms with E-state index in [4.69, 9.17) is 0 Å². The molecule has 0 saturated heterocycles. The van der Waals surface area contributed by atoms with Gasteiger partial charge in [0, 0.05) is 0 Å². The van der Waals surface area contributed by atoms with E-state index in [-0.39, 0.29) is 6.10 Å². The molecule has 0 bridgehead atoms. The predicted octanol–water partition coefficient (Wildman–Crippen LogP) is 8.58. The molecular weight excluding hydrogens is 388 g/mol. The molecule has 0 aromatic heterocycles. The molecule has 4 rings (SSSR count). The first-order chi connectivity index (χ1) is 15.1. The number of hydrogen-bond acceptors (Lipinski definition) is 1. The van der Waals surface area contributed by atoms with Crippen molar-refractivity contribution in [1.82, 2.24) is 0 Å². The van der Waals surface area contributed by atoms with Crippen LogP contribution in [-0.4, -0.2) is 11.2 Å². The molecule has 32 heavy (non-hydrogen) atoms. The summed E-state index contributed by atoms with van der Waals surface area (Å²) in [5.41, 5.74) is 2.89. The molecule has 0 spiro atoms. The van der Waals surface area contributed by atoms with Gasteiger partial charge in [-0.3, -0.25) is 0 Å². The van der Waals surface area contributed by atoms with Crippen LogP contribution in [0.25, 0.3) is 0 Å². The van der Waals surface area contributed by atoms with Crippen LogP contribution in [0, 0.1) is 51.8 Å². The van der Waals surface area contributed by atoms with Gasteiger partial charge in [0.1, 0.15) is 0 Å². The standard InChI is InChI=1S/C31H52O/c1-8-23(21(2)3)11-9-10-22(4)26-15-18-31(7)28-13-12-24-20-25(32)14-17-29(24,5)27(28)16-19-30(26,31)6/h9-10,12,21-23,25-28,32H,8,11,13-20H2,1-7H3/t22-,23-,25+,26+,27+,28-,29+,30-,31+/m1/s1. The van der Waals surface area contributed by atoms with Gasteiger partial charge in [-0.25, -0.2) is 0 Å². The Bertz CT molecular complexity index is 733. The van der Waals surface area contributed by atoms with Crippen LogP contribution in [-0.2, 0) is 0 Å². The number of rotatable bonds is 6. The highest BCUT2D eigenvalue weighted by molar-refractivity contribution is 5.27. The first-order valence-electron chi connectivity index (χ1n) is 14.1. The summed E-state index contributed by atoms with van der Waals surface area (Å²) in [4.78, 5) is 0. The van der Waals surface area contributed by atoms with Crippen molar-refractivity contribution in [3.05, 3.63) is 23.8 Å². The van der Waals surface area contributed by atoms with Gasteiger partial charge in [0.2, 0.25) is 0 Å². The third kappa shape index (κ3) is 3.77. The summed E-state index contributed by atoms with van der Waals surface area (Å²) in [7, 11) is 0. The van der Waals surface area contributed by atoms with Crippen molar-refractivity contribution in [2.45, 2.75) is 119 Å². The molecule has 4 aliphatic rings. The molecule has 182 valence electrons. The second-order valence-corrected chi connectivity index (χ2v) is 13.4. The Morgan fingerprint density at radius 2 is 1.72 bits per heavy atom. The Kier molecular flexibility index (Phi) is 6.83. The number of fused-ring (bicyclic) bond motifs is 5. The highest BCUT2D eigenvalue weighted by atomic mass is 16.3. The van der Waals surface area contributed by atoms with Gasteiger partial charge < -0.3 is 5.11 Å². The molecule has 0 heterocycles. The molecule has 0 aliphatic heterocycles. The van der Waals surface area contributed by atoms with Crippen molar-refractivity contribution in [2.75, 3.05) is 0 Å². The molecule has 0 amide bonds. The van der Waals surface area contributed by atoms with Crippen molar-refractivity contribution in [3.63, 3.8) is 0 Å². The fourth-order valence-corrected chi connectivity index (χ4v) is 9.43. The average Bonchev–Trinajstić information content (AvgIpc) is 3.02. The highest BCUT2D eigenvalue weighted by Crippen LogP contribution is 2.72. The van der Waals surface area contributed by atoms with Crippen LogP contribution in [0.15, 0.2) is 23.8 Å². The summed E-state index contributed by atoms with van der Waals surface area (Å²) in [5.74, 6) is 4.80. The Morgan fingerprint density at radius 3 is 2.41 bits per heavy atom. The van der Waals surface area contributed by atoms with E-state index in [9.17, 15) is 5.11 Å². The lowest BCUT2D eigenvalue weighted by atomic mass is 9.42. The first-order valence-corrected chi connectivity index (χ1v) is 14.1. The molecule has 3 saturated carbocycles. The van der Waals surface area contributed by atoms with E-state index in [1.54, 1.807) is 5.57 Å². The normalized spacial score (nSPS) is 45.8. The van der Waals surface area contributed by atoms with Crippen LogP contribution in [0.2, 0.25) is 0 Å². The quantitative estimate of drug-likeness (QED) is 0.410. The Morgan fingerprint density at radius 1 is 1.00 bits per heavy atom. The number of aliphatic hydroxyl groups is 1. The molecule has 0 unspecified atom stereocenters. The number of aliphatic hydroxyl groups excluding tert-OH is 1. The largest absolute Gasteiger partial charge is 0.393 e. The maximum atomic E-state index is 10.3. The number of hydrogen-bond donors (Lipinski definition) is 1. The minimum atomic E-state index is -0.0955. The van der Waals surface area contributed by atoms with Crippen LogP contribution >= 0.6 is 0 Å². The lowest BCUT2D eigenvalue weighted by Crippen LogP contribution is -2.55. The number of allylic oxidation sites excluding steroid dienone is 3. The molecule has 1 heteroatoms. The van der Waals surface area contributed by atoms with Crippen LogP contribution < -0.4 is 0 Å². The average molecular weight is 441 g/mol. The van der Waals surface area contributed by atoms with Crippen molar-refractivity contribution < 1.29 is 5.11 Å². The lowest BCUT2D eigenvalue weighted by Gasteiger charge is -2.62. The predicted molar refractivity (Wildman–Crippen MR) is 137 cm³/mol. The Labute approximate surface area is 199 Å². The first kappa shape index (κ1) is 24.6. The van der Waals surface area contributed by atoms with E-state index in [0.717, 1.165) is 42.4 Å². The second kappa shape index (κ2) is 8.90. The van der Waals surface area contributed by atoms with Crippen molar-refractivity contribution in [3.8, 4) is 0 Å². The van der Waals surface area contributed by atoms with E-state index in [2.05, 4.69) is 66.7 Å². The molecule has 1 nitrogen and oxygen atoms in total. The van der Waals surface area contributed by atoms with Gasteiger partial charge in [-0.2, -0.15) is 0 Å². The summed E-state index contributed by atoms with van der Waals surface area (Å²) in [6.45, 7) is 17.6. The van der Waals surface area contributed by atoms with Gasteiger partial charge in [0.05, 0.1) is 6.10 Å². The molecular formula is C31H52O. The monoisotopic (exact) mass is 440 g/mol. The van der Waals surface area contributed by atoms with Crippen LogP contribution in [0.5, 0.6) is 0 Å². The third-order valence-corrected chi connectivity index (χ3v) is 12.0. The SMILES string of the molecule is CC[C@H](CC=C[C@@H](C)[C@@H]1CC[C@@]2(C)[C@@H]3CC=C4C[C@@H](O)CC[C@]4(C)[C@H]3CC[C@]12C)C(C)C. The zero-order valence-electron chi connectivity index (χ0n) is 22.3.